The van der Waals surface area contributed by atoms with Crippen LogP contribution in [0, 0.1) is 6.92 Å². The van der Waals surface area contributed by atoms with Gasteiger partial charge in [0.05, 0.1) is 6.04 Å². The minimum absolute atomic E-state index is 0.213. The summed E-state index contributed by atoms with van der Waals surface area (Å²) in [6, 6.07) is 6.16. The molecule has 0 spiro atoms. The fourth-order valence-corrected chi connectivity index (χ4v) is 1.97. The minimum atomic E-state index is 0.213. The number of anilines is 1. The van der Waals surface area contributed by atoms with Crippen molar-refractivity contribution in [3.63, 3.8) is 0 Å². The first-order chi connectivity index (χ1) is 8.72. The van der Waals surface area contributed by atoms with Crippen LogP contribution in [0.25, 0.3) is 0 Å². The fourth-order valence-electron chi connectivity index (χ4n) is 1.97. The Kier molecular flexibility index (Phi) is 3.87. The van der Waals surface area contributed by atoms with Crippen molar-refractivity contribution in [2.24, 2.45) is 0 Å². The molecule has 0 amide bonds. The molecular weight excluding hydrogens is 224 g/mol. The number of nitrogens with zero attached hydrogens (tertiary/aromatic N) is 4. The summed E-state index contributed by atoms with van der Waals surface area (Å²) in [4.78, 5) is 15.2. The Morgan fingerprint density at radius 1 is 1.28 bits per heavy atom. The quantitative estimate of drug-likeness (QED) is 0.826. The zero-order valence-electron chi connectivity index (χ0n) is 11.0. The van der Waals surface area contributed by atoms with Gasteiger partial charge in [0.1, 0.15) is 0 Å². The van der Waals surface area contributed by atoms with Gasteiger partial charge in [0.25, 0.3) is 0 Å². The highest BCUT2D eigenvalue weighted by molar-refractivity contribution is 5.35. The van der Waals surface area contributed by atoms with Crippen LogP contribution in [-0.4, -0.2) is 21.5 Å². The molecule has 2 aromatic heterocycles. The standard InChI is InChI=1S/C14H18N4/c1-4-18(14-16-9-7-11(2)17-14)12(3)13-6-5-8-15-10-13/h5-10,12H,4H2,1-3H3. The molecule has 94 valence electrons. The smallest absolute Gasteiger partial charge is 0.226 e. The van der Waals surface area contributed by atoms with Crippen LogP contribution >= 0.6 is 0 Å². The molecule has 2 rings (SSSR count). The summed E-state index contributed by atoms with van der Waals surface area (Å²) in [6.45, 7) is 7.10. The minimum Gasteiger partial charge on any atom is -0.334 e. The van der Waals surface area contributed by atoms with E-state index in [0.717, 1.165) is 18.2 Å². The molecule has 0 N–H and O–H groups in total. The van der Waals surface area contributed by atoms with Crippen molar-refractivity contribution in [3.05, 3.63) is 48.0 Å². The first kappa shape index (κ1) is 12.5. The zero-order chi connectivity index (χ0) is 13.0. The molecule has 0 radical (unpaired) electrons. The molecular formula is C14H18N4. The van der Waals surface area contributed by atoms with E-state index in [1.807, 2.05) is 25.3 Å². The molecule has 1 unspecified atom stereocenters. The van der Waals surface area contributed by atoms with Crippen LogP contribution in [0.4, 0.5) is 5.95 Å². The number of hydrogen-bond acceptors (Lipinski definition) is 4. The summed E-state index contributed by atoms with van der Waals surface area (Å²) in [7, 11) is 0. The first-order valence-electron chi connectivity index (χ1n) is 6.18. The number of hydrogen-bond donors (Lipinski definition) is 0. The SMILES string of the molecule is CCN(c1nccc(C)n1)C(C)c1cccnc1. The lowest BCUT2D eigenvalue weighted by molar-refractivity contribution is 0.664. The van der Waals surface area contributed by atoms with Crippen LogP contribution in [0.2, 0.25) is 0 Å². The summed E-state index contributed by atoms with van der Waals surface area (Å²) in [6.07, 6.45) is 5.48. The lowest BCUT2D eigenvalue weighted by Gasteiger charge is -2.28. The Morgan fingerprint density at radius 2 is 2.11 bits per heavy atom. The van der Waals surface area contributed by atoms with E-state index in [9.17, 15) is 0 Å². The Hall–Kier alpha value is -1.97. The summed E-state index contributed by atoms with van der Waals surface area (Å²) in [5, 5.41) is 0. The number of aryl methyl sites for hydroxylation is 1. The molecule has 1 atom stereocenters. The topological polar surface area (TPSA) is 41.9 Å². The maximum atomic E-state index is 4.49. The van der Waals surface area contributed by atoms with Gasteiger partial charge in [0.2, 0.25) is 5.95 Å². The zero-order valence-corrected chi connectivity index (χ0v) is 11.0. The van der Waals surface area contributed by atoms with Crippen LogP contribution in [0.15, 0.2) is 36.8 Å². The van der Waals surface area contributed by atoms with Gasteiger partial charge in [-0.05, 0) is 38.5 Å². The van der Waals surface area contributed by atoms with Crippen LogP contribution in [-0.2, 0) is 0 Å². The molecule has 0 aliphatic rings. The van der Waals surface area contributed by atoms with E-state index >= 15 is 0 Å². The Labute approximate surface area is 108 Å². The van der Waals surface area contributed by atoms with Crippen molar-refractivity contribution in [2.75, 3.05) is 11.4 Å². The van der Waals surface area contributed by atoms with Crippen molar-refractivity contribution in [2.45, 2.75) is 26.8 Å². The van der Waals surface area contributed by atoms with E-state index in [1.165, 1.54) is 5.56 Å². The van der Waals surface area contributed by atoms with E-state index < -0.39 is 0 Å². The van der Waals surface area contributed by atoms with Gasteiger partial charge in [-0.25, -0.2) is 9.97 Å². The average Bonchev–Trinajstić information content (AvgIpc) is 2.40. The van der Waals surface area contributed by atoms with E-state index in [4.69, 9.17) is 0 Å². The van der Waals surface area contributed by atoms with Gasteiger partial charge in [-0.2, -0.15) is 0 Å². The first-order valence-corrected chi connectivity index (χ1v) is 6.18. The van der Waals surface area contributed by atoms with Gasteiger partial charge < -0.3 is 4.90 Å². The van der Waals surface area contributed by atoms with Crippen molar-refractivity contribution >= 4 is 5.95 Å². The van der Waals surface area contributed by atoms with Gasteiger partial charge in [0, 0.05) is 30.8 Å². The Balaban J connectivity index is 2.29. The van der Waals surface area contributed by atoms with Gasteiger partial charge in [-0.3, -0.25) is 4.98 Å². The van der Waals surface area contributed by atoms with Crippen LogP contribution in [0.1, 0.15) is 31.1 Å². The highest BCUT2D eigenvalue weighted by Crippen LogP contribution is 2.22. The second-order valence-electron chi connectivity index (χ2n) is 4.25. The summed E-state index contributed by atoms with van der Waals surface area (Å²) >= 11 is 0. The van der Waals surface area contributed by atoms with Crippen LogP contribution in [0.5, 0.6) is 0 Å². The van der Waals surface area contributed by atoms with Gasteiger partial charge >= 0.3 is 0 Å². The Bertz CT molecular complexity index is 498. The van der Waals surface area contributed by atoms with Crippen LogP contribution < -0.4 is 4.90 Å². The lowest BCUT2D eigenvalue weighted by atomic mass is 10.1. The predicted octanol–water partition coefficient (Wildman–Crippen LogP) is 2.77. The largest absolute Gasteiger partial charge is 0.334 e. The average molecular weight is 242 g/mol. The monoisotopic (exact) mass is 242 g/mol. The highest BCUT2D eigenvalue weighted by atomic mass is 15.3. The van der Waals surface area contributed by atoms with E-state index in [-0.39, 0.29) is 6.04 Å². The molecule has 0 aliphatic carbocycles. The normalized spacial score (nSPS) is 12.2. The molecule has 0 aliphatic heterocycles. The molecule has 0 saturated heterocycles. The van der Waals surface area contributed by atoms with Gasteiger partial charge in [-0.1, -0.05) is 6.07 Å². The van der Waals surface area contributed by atoms with E-state index in [2.05, 4.69) is 39.8 Å². The van der Waals surface area contributed by atoms with Gasteiger partial charge in [0.15, 0.2) is 0 Å². The van der Waals surface area contributed by atoms with Crippen molar-refractivity contribution in [1.82, 2.24) is 15.0 Å². The van der Waals surface area contributed by atoms with Crippen LogP contribution in [0.3, 0.4) is 0 Å². The molecule has 0 aromatic carbocycles. The maximum absolute atomic E-state index is 4.49. The second-order valence-corrected chi connectivity index (χ2v) is 4.25. The highest BCUT2D eigenvalue weighted by Gasteiger charge is 2.17. The number of aromatic nitrogens is 3. The Morgan fingerprint density at radius 3 is 2.72 bits per heavy atom. The molecule has 18 heavy (non-hydrogen) atoms. The van der Waals surface area contributed by atoms with E-state index in [0.29, 0.717) is 0 Å². The summed E-state index contributed by atoms with van der Waals surface area (Å²) in [5.74, 6) is 0.772. The second kappa shape index (κ2) is 5.58. The van der Waals surface area contributed by atoms with Crippen molar-refractivity contribution < 1.29 is 0 Å². The van der Waals surface area contributed by atoms with Crippen molar-refractivity contribution in [3.8, 4) is 0 Å². The molecule has 0 bridgehead atoms. The van der Waals surface area contributed by atoms with E-state index in [1.54, 1.807) is 12.4 Å². The molecule has 4 heteroatoms. The molecule has 0 fully saturated rings. The number of rotatable bonds is 4. The molecule has 2 aromatic rings. The fraction of sp³-hybridized carbons (Fsp3) is 0.357. The predicted molar refractivity (Wildman–Crippen MR) is 72.4 cm³/mol. The number of pyridine rings is 1. The maximum Gasteiger partial charge on any atom is 0.226 e. The third-order valence-corrected chi connectivity index (χ3v) is 3.01. The molecule has 2 heterocycles. The summed E-state index contributed by atoms with van der Waals surface area (Å²) in [5.41, 5.74) is 2.15. The molecule has 0 saturated carbocycles. The summed E-state index contributed by atoms with van der Waals surface area (Å²) < 4.78 is 0. The molecule has 4 nitrogen and oxygen atoms in total. The lowest BCUT2D eigenvalue weighted by Crippen LogP contribution is -2.28. The van der Waals surface area contributed by atoms with Gasteiger partial charge in [-0.15, -0.1) is 0 Å². The third-order valence-electron chi connectivity index (χ3n) is 3.01. The van der Waals surface area contributed by atoms with Crippen molar-refractivity contribution in [1.29, 1.82) is 0 Å². The third kappa shape index (κ3) is 2.64.